The van der Waals surface area contributed by atoms with E-state index >= 15 is 0 Å². The van der Waals surface area contributed by atoms with E-state index < -0.39 is 0 Å². The molecule has 0 unspecified atom stereocenters. The summed E-state index contributed by atoms with van der Waals surface area (Å²) < 4.78 is 0. The van der Waals surface area contributed by atoms with Gasteiger partial charge in [0.2, 0.25) is 5.91 Å². The van der Waals surface area contributed by atoms with Gasteiger partial charge in [0.25, 0.3) is 0 Å². The van der Waals surface area contributed by atoms with Gasteiger partial charge in [-0.1, -0.05) is 24.3 Å². The third kappa shape index (κ3) is 3.90. The van der Waals surface area contributed by atoms with Crippen LogP contribution in [0.4, 0.5) is 5.69 Å². The van der Waals surface area contributed by atoms with Crippen molar-refractivity contribution >= 4 is 11.6 Å². The van der Waals surface area contributed by atoms with Crippen molar-refractivity contribution in [1.82, 2.24) is 10.3 Å². The summed E-state index contributed by atoms with van der Waals surface area (Å²) in [5.41, 5.74) is 2.98. The van der Waals surface area contributed by atoms with Crippen LogP contribution in [0.3, 0.4) is 0 Å². The van der Waals surface area contributed by atoms with Crippen LogP contribution in [0.5, 0.6) is 0 Å². The maximum absolute atomic E-state index is 11.9. The van der Waals surface area contributed by atoms with Gasteiger partial charge in [-0.25, -0.2) is 0 Å². The second-order valence-electron chi connectivity index (χ2n) is 4.75. The molecule has 0 saturated heterocycles. The highest BCUT2D eigenvalue weighted by Gasteiger charge is 2.08. The standard InChI is InChI=1S/C16H19N3O/c1-12-6-3-4-8-15(12)19-16(20)11-18-13(2)14-7-5-9-17-10-14/h3-10,13,18H,11H2,1-2H3,(H,19,20)/t13-/m0/s1. The molecular weight excluding hydrogens is 250 g/mol. The zero-order valence-electron chi connectivity index (χ0n) is 11.8. The average Bonchev–Trinajstić information content (AvgIpc) is 2.48. The van der Waals surface area contributed by atoms with Crippen molar-refractivity contribution < 1.29 is 4.79 Å². The molecule has 0 aliphatic carbocycles. The molecule has 2 aromatic rings. The zero-order valence-corrected chi connectivity index (χ0v) is 11.8. The smallest absolute Gasteiger partial charge is 0.238 e. The van der Waals surface area contributed by atoms with Crippen molar-refractivity contribution in [2.45, 2.75) is 19.9 Å². The first-order chi connectivity index (χ1) is 9.66. The van der Waals surface area contributed by atoms with Gasteiger partial charge in [0.15, 0.2) is 0 Å². The van der Waals surface area contributed by atoms with Gasteiger partial charge in [-0.05, 0) is 37.1 Å². The van der Waals surface area contributed by atoms with Crippen molar-refractivity contribution in [3.05, 3.63) is 59.9 Å². The largest absolute Gasteiger partial charge is 0.325 e. The lowest BCUT2D eigenvalue weighted by atomic mass is 10.1. The summed E-state index contributed by atoms with van der Waals surface area (Å²) >= 11 is 0. The maximum Gasteiger partial charge on any atom is 0.238 e. The molecule has 1 aromatic carbocycles. The van der Waals surface area contributed by atoms with Crippen LogP contribution >= 0.6 is 0 Å². The molecule has 0 saturated carbocycles. The number of aryl methyl sites for hydroxylation is 1. The fourth-order valence-corrected chi connectivity index (χ4v) is 1.90. The molecule has 0 aliphatic heterocycles. The molecule has 0 spiro atoms. The van der Waals surface area contributed by atoms with Crippen LogP contribution in [0, 0.1) is 6.92 Å². The molecular formula is C16H19N3O. The van der Waals surface area contributed by atoms with E-state index in [0.29, 0.717) is 0 Å². The van der Waals surface area contributed by atoms with Gasteiger partial charge in [0.05, 0.1) is 6.54 Å². The fourth-order valence-electron chi connectivity index (χ4n) is 1.90. The van der Waals surface area contributed by atoms with Crippen LogP contribution in [0.1, 0.15) is 24.1 Å². The summed E-state index contributed by atoms with van der Waals surface area (Å²) in [5, 5.41) is 6.09. The highest BCUT2D eigenvalue weighted by atomic mass is 16.1. The summed E-state index contributed by atoms with van der Waals surface area (Å²) in [6, 6.07) is 11.7. The Balaban J connectivity index is 1.85. The molecule has 0 aliphatic rings. The van der Waals surface area contributed by atoms with E-state index in [1.54, 1.807) is 12.4 Å². The highest BCUT2D eigenvalue weighted by Crippen LogP contribution is 2.13. The second-order valence-corrected chi connectivity index (χ2v) is 4.75. The van der Waals surface area contributed by atoms with E-state index in [-0.39, 0.29) is 18.5 Å². The summed E-state index contributed by atoms with van der Waals surface area (Å²) in [6.07, 6.45) is 3.54. The molecule has 0 fully saturated rings. The summed E-state index contributed by atoms with van der Waals surface area (Å²) in [5.74, 6) is -0.0463. The van der Waals surface area contributed by atoms with Crippen molar-refractivity contribution in [2.24, 2.45) is 0 Å². The number of pyridine rings is 1. The number of carbonyl (C=O) groups is 1. The fraction of sp³-hybridized carbons (Fsp3) is 0.250. The Morgan fingerprint density at radius 2 is 2.05 bits per heavy atom. The summed E-state index contributed by atoms with van der Waals surface area (Å²) in [6.45, 7) is 4.25. The zero-order chi connectivity index (χ0) is 14.4. The molecule has 1 aromatic heterocycles. The maximum atomic E-state index is 11.9. The Kier molecular flexibility index (Phi) is 4.85. The monoisotopic (exact) mass is 269 g/mol. The number of benzene rings is 1. The minimum absolute atomic E-state index is 0.0463. The molecule has 0 bridgehead atoms. The minimum atomic E-state index is -0.0463. The van der Waals surface area contributed by atoms with Crippen molar-refractivity contribution in [1.29, 1.82) is 0 Å². The third-order valence-corrected chi connectivity index (χ3v) is 3.17. The molecule has 1 atom stereocenters. The summed E-state index contributed by atoms with van der Waals surface area (Å²) in [7, 11) is 0. The van der Waals surface area contributed by atoms with E-state index in [1.165, 1.54) is 0 Å². The van der Waals surface area contributed by atoms with Crippen molar-refractivity contribution in [3.63, 3.8) is 0 Å². The van der Waals surface area contributed by atoms with E-state index in [0.717, 1.165) is 16.8 Å². The van der Waals surface area contributed by atoms with Gasteiger partial charge < -0.3 is 10.6 Å². The van der Waals surface area contributed by atoms with Gasteiger partial charge in [0.1, 0.15) is 0 Å². The number of carbonyl (C=O) groups excluding carboxylic acids is 1. The predicted molar refractivity (Wildman–Crippen MR) is 80.5 cm³/mol. The highest BCUT2D eigenvalue weighted by molar-refractivity contribution is 5.92. The van der Waals surface area contributed by atoms with Crippen LogP contribution in [0.2, 0.25) is 0 Å². The number of rotatable bonds is 5. The lowest BCUT2D eigenvalue weighted by molar-refractivity contribution is -0.115. The Morgan fingerprint density at radius 1 is 1.25 bits per heavy atom. The SMILES string of the molecule is Cc1ccccc1NC(=O)CN[C@@H](C)c1cccnc1. The molecule has 104 valence electrons. The number of hydrogen-bond acceptors (Lipinski definition) is 3. The Hall–Kier alpha value is -2.20. The van der Waals surface area contributed by atoms with Crippen molar-refractivity contribution in [3.8, 4) is 0 Å². The van der Waals surface area contributed by atoms with E-state index in [1.807, 2.05) is 50.2 Å². The summed E-state index contributed by atoms with van der Waals surface area (Å²) in [4.78, 5) is 16.0. The number of amides is 1. The van der Waals surface area contributed by atoms with E-state index in [9.17, 15) is 4.79 Å². The van der Waals surface area contributed by atoms with Gasteiger partial charge in [0, 0.05) is 24.1 Å². The van der Waals surface area contributed by atoms with Crippen LogP contribution in [0.25, 0.3) is 0 Å². The molecule has 4 heteroatoms. The number of nitrogens with one attached hydrogen (secondary N) is 2. The average molecular weight is 269 g/mol. The number of para-hydroxylation sites is 1. The van der Waals surface area contributed by atoms with Crippen LogP contribution in [-0.4, -0.2) is 17.4 Å². The van der Waals surface area contributed by atoms with Gasteiger partial charge in [-0.3, -0.25) is 9.78 Å². The topological polar surface area (TPSA) is 54.0 Å². The molecule has 1 amide bonds. The predicted octanol–water partition coefficient (Wildman–Crippen LogP) is 2.68. The minimum Gasteiger partial charge on any atom is -0.325 e. The van der Waals surface area contributed by atoms with Gasteiger partial charge >= 0.3 is 0 Å². The number of nitrogens with zero attached hydrogens (tertiary/aromatic N) is 1. The second kappa shape index (κ2) is 6.82. The normalized spacial score (nSPS) is 11.9. The van der Waals surface area contributed by atoms with Crippen LogP contribution in [-0.2, 0) is 4.79 Å². The first kappa shape index (κ1) is 14.2. The lowest BCUT2D eigenvalue weighted by Crippen LogP contribution is -2.30. The van der Waals surface area contributed by atoms with Gasteiger partial charge in [-0.2, -0.15) is 0 Å². The Bertz CT molecular complexity index is 569. The van der Waals surface area contributed by atoms with Crippen LogP contribution in [0.15, 0.2) is 48.8 Å². The van der Waals surface area contributed by atoms with Crippen molar-refractivity contribution in [2.75, 3.05) is 11.9 Å². The first-order valence-corrected chi connectivity index (χ1v) is 6.65. The van der Waals surface area contributed by atoms with Crippen LogP contribution < -0.4 is 10.6 Å². The molecule has 2 rings (SSSR count). The molecule has 1 heterocycles. The quantitative estimate of drug-likeness (QED) is 0.877. The molecule has 0 radical (unpaired) electrons. The first-order valence-electron chi connectivity index (χ1n) is 6.65. The van der Waals surface area contributed by atoms with E-state index in [4.69, 9.17) is 0 Å². The molecule has 4 nitrogen and oxygen atoms in total. The number of hydrogen-bond donors (Lipinski definition) is 2. The molecule has 2 N–H and O–H groups in total. The van der Waals surface area contributed by atoms with E-state index in [2.05, 4.69) is 15.6 Å². The van der Waals surface area contributed by atoms with Gasteiger partial charge in [-0.15, -0.1) is 0 Å². The Morgan fingerprint density at radius 3 is 2.75 bits per heavy atom. The number of aromatic nitrogens is 1. The lowest BCUT2D eigenvalue weighted by Gasteiger charge is -2.14. The number of anilines is 1. The third-order valence-electron chi connectivity index (χ3n) is 3.17. The Labute approximate surface area is 119 Å². The molecule has 20 heavy (non-hydrogen) atoms.